The standard InChI is InChI=1S/C19H20N4O2/c24-17(14-6-5-12-3-1-2-4-13(12)9-14)11-21-19(25)18-15-10-20-8-7-16(15)22-23-18/h1-6,9,17,20,24H,7-8,10-11H2,(H,21,25)(H,22,23). The van der Waals surface area contributed by atoms with Gasteiger partial charge in [-0.3, -0.25) is 9.89 Å². The number of aromatic amines is 1. The summed E-state index contributed by atoms with van der Waals surface area (Å²) < 4.78 is 0. The van der Waals surface area contributed by atoms with Crippen LogP contribution in [-0.4, -0.2) is 34.3 Å². The van der Waals surface area contributed by atoms with E-state index in [4.69, 9.17) is 0 Å². The second-order valence-electron chi connectivity index (χ2n) is 6.29. The number of carbonyl (C=O) groups is 1. The van der Waals surface area contributed by atoms with E-state index in [0.29, 0.717) is 12.2 Å². The van der Waals surface area contributed by atoms with Gasteiger partial charge in [0.1, 0.15) is 0 Å². The van der Waals surface area contributed by atoms with Gasteiger partial charge in [0.2, 0.25) is 0 Å². The van der Waals surface area contributed by atoms with Crippen LogP contribution in [0.2, 0.25) is 0 Å². The van der Waals surface area contributed by atoms with Gasteiger partial charge < -0.3 is 15.7 Å². The number of H-pyrrole nitrogens is 1. The SMILES string of the molecule is O=C(NCC(O)c1ccc2ccccc2c1)c1n[nH]c2c1CNCC2. The Balaban J connectivity index is 1.44. The third-order valence-electron chi connectivity index (χ3n) is 4.64. The van der Waals surface area contributed by atoms with E-state index in [1.54, 1.807) is 0 Å². The predicted molar refractivity (Wildman–Crippen MR) is 95.2 cm³/mol. The zero-order valence-electron chi connectivity index (χ0n) is 13.7. The first kappa shape index (κ1) is 15.8. The Morgan fingerprint density at radius 3 is 2.96 bits per heavy atom. The van der Waals surface area contributed by atoms with Crippen LogP contribution in [0.15, 0.2) is 42.5 Å². The van der Waals surface area contributed by atoms with E-state index in [0.717, 1.165) is 40.6 Å². The van der Waals surface area contributed by atoms with E-state index in [1.807, 2.05) is 42.5 Å². The Morgan fingerprint density at radius 2 is 2.08 bits per heavy atom. The summed E-state index contributed by atoms with van der Waals surface area (Å²) in [5.74, 6) is -0.263. The number of aliphatic hydroxyl groups excluding tert-OH is 1. The first-order valence-electron chi connectivity index (χ1n) is 8.44. The number of rotatable bonds is 4. The van der Waals surface area contributed by atoms with Crippen molar-refractivity contribution in [2.24, 2.45) is 0 Å². The van der Waals surface area contributed by atoms with Gasteiger partial charge in [-0.05, 0) is 22.4 Å². The number of amides is 1. The van der Waals surface area contributed by atoms with E-state index < -0.39 is 6.10 Å². The highest BCUT2D eigenvalue weighted by molar-refractivity contribution is 5.94. The Labute approximate surface area is 145 Å². The molecule has 4 rings (SSSR count). The lowest BCUT2D eigenvalue weighted by Crippen LogP contribution is -2.31. The molecule has 0 radical (unpaired) electrons. The maximum Gasteiger partial charge on any atom is 0.272 e. The van der Waals surface area contributed by atoms with Gasteiger partial charge in [-0.1, -0.05) is 36.4 Å². The van der Waals surface area contributed by atoms with Gasteiger partial charge >= 0.3 is 0 Å². The molecule has 1 aliphatic rings. The molecule has 6 nitrogen and oxygen atoms in total. The lowest BCUT2D eigenvalue weighted by atomic mass is 10.0. The molecule has 0 saturated carbocycles. The highest BCUT2D eigenvalue weighted by atomic mass is 16.3. The average molecular weight is 336 g/mol. The molecule has 25 heavy (non-hydrogen) atoms. The van der Waals surface area contributed by atoms with Gasteiger partial charge in [0.15, 0.2) is 5.69 Å². The van der Waals surface area contributed by atoms with Crippen molar-refractivity contribution in [2.45, 2.75) is 19.1 Å². The topological polar surface area (TPSA) is 90.0 Å². The molecule has 1 aliphatic heterocycles. The molecule has 128 valence electrons. The minimum atomic E-state index is -0.763. The first-order chi connectivity index (χ1) is 12.2. The second-order valence-corrected chi connectivity index (χ2v) is 6.29. The van der Waals surface area contributed by atoms with Crippen LogP contribution in [0.4, 0.5) is 0 Å². The average Bonchev–Trinajstić information content (AvgIpc) is 3.09. The molecule has 1 aromatic heterocycles. The number of hydrogen-bond acceptors (Lipinski definition) is 4. The molecule has 3 aromatic rings. The van der Waals surface area contributed by atoms with Crippen molar-refractivity contribution < 1.29 is 9.90 Å². The molecule has 4 N–H and O–H groups in total. The fourth-order valence-corrected chi connectivity index (χ4v) is 3.22. The summed E-state index contributed by atoms with van der Waals surface area (Å²) in [7, 11) is 0. The van der Waals surface area contributed by atoms with E-state index in [2.05, 4.69) is 20.8 Å². The number of aromatic nitrogens is 2. The number of nitrogens with one attached hydrogen (secondary N) is 3. The zero-order valence-corrected chi connectivity index (χ0v) is 13.7. The summed E-state index contributed by atoms with van der Waals surface area (Å²) in [4.78, 5) is 12.4. The molecular formula is C19H20N4O2. The number of hydrogen-bond donors (Lipinski definition) is 4. The van der Waals surface area contributed by atoms with Crippen molar-refractivity contribution in [3.8, 4) is 0 Å². The van der Waals surface area contributed by atoms with Crippen molar-refractivity contribution in [3.05, 3.63) is 65.0 Å². The van der Waals surface area contributed by atoms with E-state index in [-0.39, 0.29) is 12.5 Å². The minimum absolute atomic E-state index is 0.145. The molecular weight excluding hydrogens is 316 g/mol. The van der Waals surface area contributed by atoms with Crippen molar-refractivity contribution in [2.75, 3.05) is 13.1 Å². The quantitative estimate of drug-likeness (QED) is 0.583. The van der Waals surface area contributed by atoms with Crippen LogP contribution >= 0.6 is 0 Å². The molecule has 0 bridgehead atoms. The lowest BCUT2D eigenvalue weighted by Gasteiger charge is -2.14. The van der Waals surface area contributed by atoms with Gasteiger partial charge in [-0.15, -0.1) is 0 Å². The summed E-state index contributed by atoms with van der Waals surface area (Å²) in [5.41, 5.74) is 3.13. The fourth-order valence-electron chi connectivity index (χ4n) is 3.22. The van der Waals surface area contributed by atoms with Crippen molar-refractivity contribution >= 4 is 16.7 Å². The minimum Gasteiger partial charge on any atom is -0.387 e. The first-order valence-corrected chi connectivity index (χ1v) is 8.44. The molecule has 1 amide bonds. The van der Waals surface area contributed by atoms with Crippen LogP contribution in [0.25, 0.3) is 10.8 Å². The van der Waals surface area contributed by atoms with Gasteiger partial charge in [0.05, 0.1) is 6.10 Å². The zero-order chi connectivity index (χ0) is 17.2. The van der Waals surface area contributed by atoms with Crippen molar-refractivity contribution in [1.29, 1.82) is 0 Å². The van der Waals surface area contributed by atoms with Gasteiger partial charge in [0, 0.05) is 37.3 Å². The van der Waals surface area contributed by atoms with Crippen LogP contribution in [0.1, 0.15) is 33.4 Å². The van der Waals surface area contributed by atoms with Crippen LogP contribution in [-0.2, 0) is 13.0 Å². The monoisotopic (exact) mass is 336 g/mol. The maximum absolute atomic E-state index is 12.4. The number of nitrogens with zero attached hydrogens (tertiary/aromatic N) is 1. The van der Waals surface area contributed by atoms with Crippen LogP contribution in [0.3, 0.4) is 0 Å². The highest BCUT2D eigenvalue weighted by Gasteiger charge is 2.22. The molecule has 2 aromatic carbocycles. The Bertz CT molecular complexity index is 919. The summed E-state index contributed by atoms with van der Waals surface area (Å²) in [6.07, 6.45) is 0.0800. The van der Waals surface area contributed by atoms with Crippen molar-refractivity contribution in [1.82, 2.24) is 20.8 Å². The van der Waals surface area contributed by atoms with Crippen LogP contribution in [0, 0.1) is 0 Å². The highest BCUT2D eigenvalue weighted by Crippen LogP contribution is 2.20. The van der Waals surface area contributed by atoms with Crippen LogP contribution in [0.5, 0.6) is 0 Å². The molecule has 0 fully saturated rings. The molecule has 0 aliphatic carbocycles. The second kappa shape index (κ2) is 6.66. The summed E-state index contributed by atoms with van der Waals surface area (Å²) in [6, 6.07) is 13.8. The van der Waals surface area contributed by atoms with E-state index in [1.165, 1.54) is 0 Å². The molecule has 0 saturated heterocycles. The summed E-state index contributed by atoms with van der Waals surface area (Å²) >= 11 is 0. The Kier molecular flexibility index (Phi) is 4.21. The lowest BCUT2D eigenvalue weighted by molar-refractivity contribution is 0.0910. The smallest absolute Gasteiger partial charge is 0.272 e. The number of fused-ring (bicyclic) bond motifs is 2. The third kappa shape index (κ3) is 3.14. The van der Waals surface area contributed by atoms with Gasteiger partial charge in [-0.2, -0.15) is 5.10 Å². The maximum atomic E-state index is 12.4. The Morgan fingerprint density at radius 1 is 1.24 bits per heavy atom. The predicted octanol–water partition coefficient (Wildman–Crippen LogP) is 1.67. The summed E-state index contributed by atoms with van der Waals surface area (Å²) in [5, 5.41) is 25.7. The largest absolute Gasteiger partial charge is 0.387 e. The third-order valence-corrected chi connectivity index (χ3v) is 4.64. The Hall–Kier alpha value is -2.70. The van der Waals surface area contributed by atoms with Crippen LogP contribution < -0.4 is 10.6 Å². The van der Waals surface area contributed by atoms with E-state index >= 15 is 0 Å². The molecule has 1 unspecified atom stereocenters. The van der Waals surface area contributed by atoms with Gasteiger partial charge in [0.25, 0.3) is 5.91 Å². The molecule has 1 atom stereocenters. The fraction of sp³-hybridized carbons (Fsp3) is 0.263. The normalized spacial score (nSPS) is 14.9. The molecule has 0 spiro atoms. The number of aliphatic hydroxyl groups is 1. The summed E-state index contributed by atoms with van der Waals surface area (Å²) in [6.45, 7) is 1.67. The van der Waals surface area contributed by atoms with E-state index in [9.17, 15) is 9.90 Å². The number of benzene rings is 2. The molecule has 6 heteroatoms. The molecule has 2 heterocycles. The van der Waals surface area contributed by atoms with Gasteiger partial charge in [-0.25, -0.2) is 0 Å². The number of carbonyl (C=O) groups excluding carboxylic acids is 1. The van der Waals surface area contributed by atoms with Crippen molar-refractivity contribution in [3.63, 3.8) is 0 Å².